The van der Waals surface area contributed by atoms with Gasteiger partial charge in [-0.15, -0.1) is 35.3 Å². The van der Waals surface area contributed by atoms with E-state index >= 15 is 0 Å². The minimum absolute atomic E-state index is 0. The summed E-state index contributed by atoms with van der Waals surface area (Å²) in [5, 5.41) is 7.92. The minimum atomic E-state index is 0. The number of hydrogen-bond acceptors (Lipinski definition) is 4. The lowest BCUT2D eigenvalue weighted by Gasteiger charge is -2.23. The van der Waals surface area contributed by atoms with E-state index in [1.165, 1.54) is 10.4 Å². The van der Waals surface area contributed by atoms with Crippen LogP contribution in [0.3, 0.4) is 0 Å². The highest BCUT2D eigenvalue weighted by atomic mass is 127. The fourth-order valence-electron chi connectivity index (χ4n) is 2.75. The summed E-state index contributed by atoms with van der Waals surface area (Å²) in [6, 6.07) is 4.14. The van der Waals surface area contributed by atoms with Gasteiger partial charge >= 0.3 is 0 Å². The molecule has 0 aliphatic carbocycles. The molecule has 0 amide bonds. The van der Waals surface area contributed by atoms with E-state index in [4.69, 9.17) is 4.99 Å². The third-order valence-corrected chi connectivity index (χ3v) is 5.19. The second kappa shape index (κ2) is 11.5. The lowest BCUT2D eigenvalue weighted by atomic mass is 9.89. The smallest absolute Gasteiger partial charge is 0.191 e. The Hall–Kier alpha value is -1.22. The van der Waals surface area contributed by atoms with E-state index in [1.54, 1.807) is 11.3 Å². The molecule has 7 heteroatoms. The van der Waals surface area contributed by atoms with Crippen LogP contribution in [0, 0.1) is 19.8 Å². The van der Waals surface area contributed by atoms with Crippen molar-refractivity contribution in [2.75, 3.05) is 13.1 Å². The van der Waals surface area contributed by atoms with Crippen LogP contribution in [-0.2, 0) is 6.54 Å². The number of thiazole rings is 1. The molecule has 0 saturated heterocycles. The van der Waals surface area contributed by atoms with Crippen molar-refractivity contribution in [1.29, 1.82) is 0 Å². The number of nitrogens with one attached hydrogen (secondary N) is 2. The zero-order valence-electron chi connectivity index (χ0n) is 16.2. The van der Waals surface area contributed by atoms with Crippen LogP contribution in [0.1, 0.15) is 47.8 Å². The van der Waals surface area contributed by atoms with Crippen molar-refractivity contribution in [3.8, 4) is 0 Å². The molecular formula is C19H30IN5S. The summed E-state index contributed by atoms with van der Waals surface area (Å²) in [7, 11) is 0. The molecule has 2 heterocycles. The molecule has 0 fully saturated rings. The van der Waals surface area contributed by atoms with E-state index in [1.807, 2.05) is 32.3 Å². The predicted molar refractivity (Wildman–Crippen MR) is 122 cm³/mol. The van der Waals surface area contributed by atoms with E-state index in [-0.39, 0.29) is 24.0 Å². The topological polar surface area (TPSA) is 62.2 Å². The Kier molecular flexibility index (Phi) is 10.1. The van der Waals surface area contributed by atoms with Crippen molar-refractivity contribution in [1.82, 2.24) is 20.6 Å². The molecule has 0 radical (unpaired) electrons. The normalized spacial score (nSPS) is 12.6. The van der Waals surface area contributed by atoms with Crippen molar-refractivity contribution in [2.24, 2.45) is 10.9 Å². The van der Waals surface area contributed by atoms with Crippen LogP contribution in [0.4, 0.5) is 0 Å². The van der Waals surface area contributed by atoms with E-state index in [0.29, 0.717) is 18.4 Å². The van der Waals surface area contributed by atoms with Gasteiger partial charge in [0, 0.05) is 36.3 Å². The molecule has 1 unspecified atom stereocenters. The summed E-state index contributed by atoms with van der Waals surface area (Å²) in [5.41, 5.74) is 2.34. The molecule has 144 valence electrons. The molecule has 0 aliphatic heterocycles. The van der Waals surface area contributed by atoms with Gasteiger partial charge < -0.3 is 10.6 Å². The van der Waals surface area contributed by atoms with Gasteiger partial charge in [0.1, 0.15) is 0 Å². The summed E-state index contributed by atoms with van der Waals surface area (Å²) >= 11 is 1.72. The van der Waals surface area contributed by atoms with Crippen LogP contribution in [-0.4, -0.2) is 29.0 Å². The van der Waals surface area contributed by atoms with Gasteiger partial charge in [0.2, 0.25) is 0 Å². The summed E-state index contributed by atoms with van der Waals surface area (Å²) in [6.07, 6.45) is 3.78. The summed E-state index contributed by atoms with van der Waals surface area (Å²) < 4.78 is 0. The number of halogens is 1. The molecule has 5 nitrogen and oxygen atoms in total. The fourth-order valence-corrected chi connectivity index (χ4v) is 3.61. The number of rotatable bonds is 7. The van der Waals surface area contributed by atoms with E-state index in [2.05, 4.69) is 47.4 Å². The van der Waals surface area contributed by atoms with Crippen molar-refractivity contribution >= 4 is 41.3 Å². The average molecular weight is 487 g/mol. The summed E-state index contributed by atoms with van der Waals surface area (Å²) in [5.74, 6) is 1.76. The largest absolute Gasteiger partial charge is 0.357 e. The van der Waals surface area contributed by atoms with Crippen molar-refractivity contribution < 1.29 is 0 Å². The Morgan fingerprint density at radius 3 is 2.58 bits per heavy atom. The number of nitrogens with zero attached hydrogens (tertiary/aromatic N) is 3. The van der Waals surface area contributed by atoms with Crippen LogP contribution in [0.25, 0.3) is 0 Å². The molecule has 26 heavy (non-hydrogen) atoms. The van der Waals surface area contributed by atoms with Crippen LogP contribution in [0.5, 0.6) is 0 Å². The number of aryl methyl sites for hydroxylation is 2. The third-order valence-electron chi connectivity index (χ3n) is 4.13. The van der Waals surface area contributed by atoms with Gasteiger partial charge in [-0.2, -0.15) is 0 Å². The van der Waals surface area contributed by atoms with Gasteiger partial charge in [-0.3, -0.25) is 4.98 Å². The third kappa shape index (κ3) is 6.83. The highest BCUT2D eigenvalue weighted by Gasteiger charge is 2.16. The number of pyridine rings is 1. The Morgan fingerprint density at radius 2 is 2.04 bits per heavy atom. The van der Waals surface area contributed by atoms with E-state index < -0.39 is 0 Å². The van der Waals surface area contributed by atoms with Gasteiger partial charge in [-0.1, -0.05) is 19.9 Å². The van der Waals surface area contributed by atoms with Crippen molar-refractivity contribution in [3.05, 3.63) is 45.7 Å². The SMILES string of the molecule is CCNC(=NCc1sc(C)nc1C)NCC(c1cccnc1)C(C)C.I. The first-order valence-corrected chi connectivity index (χ1v) is 9.67. The highest BCUT2D eigenvalue weighted by molar-refractivity contribution is 14.0. The first kappa shape index (κ1) is 22.8. The Labute approximate surface area is 178 Å². The lowest BCUT2D eigenvalue weighted by Crippen LogP contribution is -2.40. The van der Waals surface area contributed by atoms with Crippen LogP contribution >= 0.6 is 35.3 Å². The molecule has 0 aliphatic rings. The Morgan fingerprint density at radius 1 is 1.27 bits per heavy atom. The molecule has 2 aromatic heterocycles. The summed E-state index contributed by atoms with van der Waals surface area (Å²) in [4.78, 5) is 14.7. The first-order valence-electron chi connectivity index (χ1n) is 8.86. The Balaban J connectivity index is 0.00000338. The molecule has 0 aromatic carbocycles. The number of hydrogen-bond donors (Lipinski definition) is 2. The van der Waals surface area contributed by atoms with Crippen LogP contribution in [0.15, 0.2) is 29.5 Å². The van der Waals surface area contributed by atoms with Gasteiger partial charge in [-0.25, -0.2) is 9.98 Å². The van der Waals surface area contributed by atoms with E-state index in [0.717, 1.165) is 29.8 Å². The average Bonchev–Trinajstić information content (AvgIpc) is 2.91. The van der Waals surface area contributed by atoms with Crippen LogP contribution in [0.2, 0.25) is 0 Å². The van der Waals surface area contributed by atoms with Crippen LogP contribution < -0.4 is 10.6 Å². The minimum Gasteiger partial charge on any atom is -0.357 e. The highest BCUT2D eigenvalue weighted by Crippen LogP contribution is 2.22. The second-order valence-corrected chi connectivity index (χ2v) is 7.74. The van der Waals surface area contributed by atoms with Gasteiger partial charge in [0.25, 0.3) is 0 Å². The lowest BCUT2D eigenvalue weighted by molar-refractivity contribution is 0.487. The fraction of sp³-hybridized carbons (Fsp3) is 0.526. The molecular weight excluding hydrogens is 457 g/mol. The Bertz CT molecular complexity index is 684. The monoisotopic (exact) mass is 487 g/mol. The van der Waals surface area contributed by atoms with Crippen molar-refractivity contribution in [3.63, 3.8) is 0 Å². The molecule has 2 rings (SSSR count). The molecule has 2 N–H and O–H groups in total. The molecule has 0 spiro atoms. The van der Waals surface area contributed by atoms with E-state index in [9.17, 15) is 0 Å². The first-order chi connectivity index (χ1) is 12.0. The van der Waals surface area contributed by atoms with Gasteiger partial charge in [-0.05, 0) is 38.3 Å². The molecule has 0 bridgehead atoms. The maximum atomic E-state index is 4.73. The molecule has 2 aromatic rings. The quantitative estimate of drug-likeness (QED) is 0.348. The number of guanidine groups is 1. The number of aliphatic imine (C=N–C) groups is 1. The second-order valence-electron chi connectivity index (χ2n) is 6.45. The zero-order chi connectivity index (χ0) is 18.2. The maximum absolute atomic E-state index is 4.73. The van der Waals surface area contributed by atoms with Crippen molar-refractivity contribution in [2.45, 2.75) is 47.1 Å². The number of aromatic nitrogens is 2. The van der Waals surface area contributed by atoms with Gasteiger partial charge in [0.15, 0.2) is 5.96 Å². The zero-order valence-corrected chi connectivity index (χ0v) is 19.4. The molecule has 0 saturated carbocycles. The maximum Gasteiger partial charge on any atom is 0.191 e. The predicted octanol–water partition coefficient (Wildman–Crippen LogP) is 4.27. The van der Waals surface area contributed by atoms with Gasteiger partial charge in [0.05, 0.1) is 17.2 Å². The summed E-state index contributed by atoms with van der Waals surface area (Å²) in [6.45, 7) is 13.0. The molecule has 1 atom stereocenters. The standard InChI is InChI=1S/C19H29N5S.HI/c1-6-21-19(23-12-18-14(4)24-15(5)25-18)22-11-17(13(2)3)16-8-7-9-20-10-16;/h7-10,13,17H,6,11-12H2,1-5H3,(H2,21,22,23);1H.